The van der Waals surface area contributed by atoms with Crippen LogP contribution in [0.25, 0.3) is 71.4 Å². The van der Waals surface area contributed by atoms with Crippen molar-refractivity contribution < 1.29 is 4.42 Å². The SMILES string of the molecule is CC(C)(C)c1ccc(N2c3cc(C(C)(C)C)cc4c3B(c3c2oc2c(C(C)(C)C)cc(C(C)(C)C)cc32)n2c3ccc(C(C)(C)C)cc3c3c2c-4cc2c4ccccc4n(-c4ccccc4)c23)cc1. The summed E-state index contributed by atoms with van der Waals surface area (Å²) >= 11 is 0. The van der Waals surface area contributed by atoms with Crippen molar-refractivity contribution in [1.82, 2.24) is 9.05 Å². The molecule has 69 heavy (non-hydrogen) atoms. The standard InChI is InChI=1S/C64H66BN3O/c1-60(2,3)37-25-28-42(29-26-37)67-52-35-40(63(10,11)12)32-44-46-36-45-43-23-19-20-24-50(43)66(41-21-17-16-18-22-41)56(45)53-47-31-38(61(4,5)6)27-30-51(47)68(57(46)53)65(54(44)52)55-48-33-39(62(7,8)9)34-49(64(13,14)15)58(48)69-59(55)67/h16-36H,1-15H3. The van der Waals surface area contributed by atoms with Crippen LogP contribution in [0.4, 0.5) is 17.3 Å². The van der Waals surface area contributed by atoms with Crippen molar-refractivity contribution in [2.45, 2.75) is 131 Å². The van der Waals surface area contributed by atoms with Crippen LogP contribution in [-0.2, 0) is 27.1 Å². The molecule has 10 aromatic rings. The lowest BCUT2D eigenvalue weighted by Gasteiger charge is -2.39. The minimum Gasteiger partial charge on any atom is -0.440 e. The van der Waals surface area contributed by atoms with E-state index in [2.05, 4.69) is 245 Å². The quantitative estimate of drug-likeness (QED) is 0.162. The number of furan rings is 1. The van der Waals surface area contributed by atoms with Gasteiger partial charge in [-0.25, -0.2) is 0 Å². The third-order valence-corrected chi connectivity index (χ3v) is 15.6. The average Bonchev–Trinajstić information content (AvgIpc) is 3.94. The first-order chi connectivity index (χ1) is 32.4. The Hall–Kier alpha value is -6.46. The number of hydrogen-bond acceptors (Lipinski definition) is 2. The summed E-state index contributed by atoms with van der Waals surface area (Å²) in [5, 5.41) is 6.32. The lowest BCUT2D eigenvalue weighted by Crippen LogP contribution is -2.56. The molecular formula is C64H66BN3O. The summed E-state index contributed by atoms with van der Waals surface area (Å²) in [6, 6.07) is 49.2. The Bertz CT molecular complexity index is 3790. The predicted octanol–water partition coefficient (Wildman–Crippen LogP) is 16.5. The lowest BCUT2D eigenvalue weighted by atomic mass is 9.45. The fraction of sp³-hybridized carbons (Fsp3) is 0.312. The number of hydrogen-bond donors (Lipinski definition) is 0. The van der Waals surface area contributed by atoms with Crippen LogP contribution >= 0.6 is 0 Å². The van der Waals surface area contributed by atoms with Gasteiger partial charge in [0, 0.05) is 71.6 Å². The van der Waals surface area contributed by atoms with E-state index in [9.17, 15) is 0 Å². The molecule has 0 fully saturated rings. The number of anilines is 3. The molecule has 0 radical (unpaired) electrons. The molecule has 2 aliphatic rings. The second kappa shape index (κ2) is 14.1. The van der Waals surface area contributed by atoms with E-state index in [0.29, 0.717) is 0 Å². The smallest absolute Gasteiger partial charge is 0.337 e. The molecule has 7 aromatic carbocycles. The van der Waals surface area contributed by atoms with Gasteiger partial charge in [0.05, 0.1) is 11.0 Å². The third kappa shape index (κ3) is 6.34. The van der Waals surface area contributed by atoms with Gasteiger partial charge in [0.2, 0.25) is 5.88 Å². The molecule has 0 N–H and O–H groups in total. The van der Waals surface area contributed by atoms with Crippen LogP contribution in [0.15, 0.2) is 132 Å². The van der Waals surface area contributed by atoms with Crippen molar-refractivity contribution in [2.24, 2.45) is 0 Å². The highest BCUT2D eigenvalue weighted by molar-refractivity contribution is 6.91. The normalized spacial score (nSPS) is 14.2. The second-order valence-corrected chi connectivity index (χ2v) is 25.5. The van der Waals surface area contributed by atoms with Gasteiger partial charge in [-0.3, -0.25) is 4.90 Å². The van der Waals surface area contributed by atoms with Gasteiger partial charge in [-0.15, -0.1) is 0 Å². The zero-order valence-electron chi connectivity index (χ0n) is 43.5. The Balaban J connectivity index is 1.34. The van der Waals surface area contributed by atoms with E-state index in [4.69, 9.17) is 4.42 Å². The molecule has 0 unspecified atom stereocenters. The second-order valence-electron chi connectivity index (χ2n) is 25.5. The fourth-order valence-electron chi connectivity index (χ4n) is 11.7. The first-order valence-corrected chi connectivity index (χ1v) is 25.2. The van der Waals surface area contributed by atoms with E-state index in [-0.39, 0.29) is 33.9 Å². The molecule has 4 nitrogen and oxygen atoms in total. The molecule has 5 heterocycles. The Morgan fingerprint density at radius 3 is 1.68 bits per heavy atom. The summed E-state index contributed by atoms with van der Waals surface area (Å²) < 4.78 is 13.0. The number of aromatic nitrogens is 2. The highest BCUT2D eigenvalue weighted by Crippen LogP contribution is 2.52. The van der Waals surface area contributed by atoms with Gasteiger partial charge < -0.3 is 13.5 Å². The molecule has 0 bridgehead atoms. The molecule has 12 rings (SSSR count). The maximum absolute atomic E-state index is 7.69. The van der Waals surface area contributed by atoms with Crippen LogP contribution in [0.5, 0.6) is 0 Å². The molecule has 5 heteroatoms. The van der Waals surface area contributed by atoms with Crippen LogP contribution in [0.1, 0.15) is 132 Å². The van der Waals surface area contributed by atoms with Crippen LogP contribution in [0.2, 0.25) is 0 Å². The van der Waals surface area contributed by atoms with Crippen molar-refractivity contribution in [3.63, 3.8) is 0 Å². The number of benzene rings is 7. The van der Waals surface area contributed by atoms with Crippen molar-refractivity contribution in [1.29, 1.82) is 0 Å². The molecule has 0 saturated heterocycles. The van der Waals surface area contributed by atoms with E-state index in [1.165, 1.54) is 110 Å². The molecule has 0 atom stereocenters. The summed E-state index contributed by atoms with van der Waals surface area (Å²) in [6.45, 7) is 34.9. The van der Waals surface area contributed by atoms with Crippen molar-refractivity contribution in [3.8, 4) is 16.8 Å². The van der Waals surface area contributed by atoms with Gasteiger partial charge in [-0.2, -0.15) is 0 Å². The first-order valence-electron chi connectivity index (χ1n) is 25.2. The van der Waals surface area contributed by atoms with E-state index in [0.717, 1.165) is 17.2 Å². The topological polar surface area (TPSA) is 26.2 Å². The molecule has 0 saturated carbocycles. The maximum Gasteiger partial charge on any atom is 0.337 e. The van der Waals surface area contributed by atoms with Gasteiger partial charge >= 0.3 is 6.85 Å². The van der Waals surface area contributed by atoms with Crippen LogP contribution < -0.4 is 15.8 Å². The van der Waals surface area contributed by atoms with Crippen LogP contribution in [0, 0.1) is 0 Å². The molecular weight excluding hydrogens is 838 g/mol. The number of nitrogens with zero attached hydrogens (tertiary/aromatic N) is 3. The summed E-state index contributed by atoms with van der Waals surface area (Å²) in [5.41, 5.74) is 20.6. The van der Waals surface area contributed by atoms with Gasteiger partial charge in [-0.05, 0) is 121 Å². The first kappa shape index (κ1) is 43.8. The minimum atomic E-state index is -0.187. The van der Waals surface area contributed by atoms with Crippen molar-refractivity contribution >= 4 is 89.6 Å². The molecule has 0 spiro atoms. The Morgan fingerprint density at radius 2 is 1.03 bits per heavy atom. The Morgan fingerprint density at radius 1 is 0.420 bits per heavy atom. The zero-order chi connectivity index (χ0) is 48.6. The fourth-order valence-corrected chi connectivity index (χ4v) is 11.7. The summed E-state index contributed by atoms with van der Waals surface area (Å²) in [4.78, 5) is 2.49. The number of fused-ring (bicyclic) bond motifs is 13. The molecule has 0 aliphatic carbocycles. The van der Waals surface area contributed by atoms with Crippen molar-refractivity contribution in [3.05, 3.63) is 155 Å². The summed E-state index contributed by atoms with van der Waals surface area (Å²) in [7, 11) is 0. The summed E-state index contributed by atoms with van der Waals surface area (Å²) in [5.74, 6) is 0.906. The maximum atomic E-state index is 7.69. The number of rotatable bonds is 2. The molecule has 0 amide bonds. The minimum absolute atomic E-state index is 0.0126. The zero-order valence-corrected chi connectivity index (χ0v) is 43.5. The molecule has 346 valence electrons. The van der Waals surface area contributed by atoms with E-state index >= 15 is 0 Å². The van der Waals surface area contributed by atoms with Crippen LogP contribution in [-0.4, -0.2) is 15.9 Å². The largest absolute Gasteiger partial charge is 0.440 e. The highest BCUT2D eigenvalue weighted by Gasteiger charge is 2.48. The highest BCUT2D eigenvalue weighted by atomic mass is 16.4. The predicted molar refractivity (Wildman–Crippen MR) is 298 cm³/mol. The monoisotopic (exact) mass is 904 g/mol. The van der Waals surface area contributed by atoms with Crippen molar-refractivity contribution in [2.75, 3.05) is 4.90 Å². The Labute approximate surface area is 409 Å². The van der Waals surface area contributed by atoms with E-state index in [1.54, 1.807) is 0 Å². The van der Waals surface area contributed by atoms with Crippen LogP contribution in [0.3, 0.4) is 0 Å². The molecule has 2 aliphatic heterocycles. The average molecular weight is 904 g/mol. The van der Waals surface area contributed by atoms with E-state index < -0.39 is 0 Å². The molecule has 3 aromatic heterocycles. The van der Waals surface area contributed by atoms with Gasteiger partial charge in [0.15, 0.2) is 0 Å². The van der Waals surface area contributed by atoms with Gasteiger partial charge in [0.1, 0.15) is 5.58 Å². The third-order valence-electron chi connectivity index (χ3n) is 15.6. The van der Waals surface area contributed by atoms with E-state index in [1.807, 2.05) is 0 Å². The van der Waals surface area contributed by atoms with Gasteiger partial charge in [0.25, 0.3) is 0 Å². The van der Waals surface area contributed by atoms with Gasteiger partial charge in [-0.1, -0.05) is 171 Å². The lowest BCUT2D eigenvalue weighted by molar-refractivity contribution is 0.552. The summed E-state index contributed by atoms with van der Waals surface area (Å²) in [6.07, 6.45) is 0. The Kier molecular flexibility index (Phi) is 8.94. The number of para-hydroxylation sites is 2.